The summed E-state index contributed by atoms with van der Waals surface area (Å²) in [4.78, 5) is 0. The highest BCUT2D eigenvalue weighted by Gasteiger charge is 2.20. The maximum atomic E-state index is 5.58. The van der Waals surface area contributed by atoms with Gasteiger partial charge in [0, 0.05) is 11.6 Å². The van der Waals surface area contributed by atoms with Crippen molar-refractivity contribution in [1.82, 2.24) is 5.32 Å². The van der Waals surface area contributed by atoms with Crippen molar-refractivity contribution in [3.8, 4) is 5.75 Å². The highest BCUT2D eigenvalue weighted by molar-refractivity contribution is 5.45. The molecule has 0 aromatic heterocycles. The van der Waals surface area contributed by atoms with Crippen molar-refractivity contribution in [3.05, 3.63) is 28.8 Å². The molecule has 1 aromatic rings. The van der Waals surface area contributed by atoms with E-state index in [0.29, 0.717) is 17.9 Å². The van der Waals surface area contributed by atoms with Gasteiger partial charge < -0.3 is 10.1 Å². The van der Waals surface area contributed by atoms with Gasteiger partial charge in [0.25, 0.3) is 0 Å². The number of aryl methyl sites for hydroxylation is 2. The Morgan fingerprint density at radius 3 is 2.26 bits per heavy atom. The lowest BCUT2D eigenvalue weighted by atomic mass is 9.85. The number of ether oxygens (including phenoxy) is 1. The summed E-state index contributed by atoms with van der Waals surface area (Å²) in [6, 6.07) is 4.92. The van der Waals surface area contributed by atoms with Crippen molar-refractivity contribution in [2.24, 2.45) is 5.92 Å². The normalized spacial score (nSPS) is 14.5. The molecule has 19 heavy (non-hydrogen) atoms. The molecule has 2 atom stereocenters. The number of benzene rings is 1. The first-order valence-electron chi connectivity index (χ1n) is 7.25. The lowest BCUT2D eigenvalue weighted by Crippen LogP contribution is -2.30. The Hall–Kier alpha value is -1.02. The van der Waals surface area contributed by atoms with Crippen LogP contribution in [0.25, 0.3) is 0 Å². The number of hydrogen-bond acceptors (Lipinski definition) is 2. The first kappa shape index (κ1) is 16.0. The minimum absolute atomic E-state index is 0.488. The molecule has 0 saturated carbocycles. The van der Waals surface area contributed by atoms with E-state index in [1.54, 1.807) is 7.11 Å². The van der Waals surface area contributed by atoms with Gasteiger partial charge in [0.05, 0.1) is 7.11 Å². The van der Waals surface area contributed by atoms with Gasteiger partial charge in [0.1, 0.15) is 5.75 Å². The largest absolute Gasteiger partial charge is 0.496 e. The second-order valence-electron chi connectivity index (χ2n) is 6.03. The third-order valence-electron chi connectivity index (χ3n) is 3.87. The van der Waals surface area contributed by atoms with Crippen molar-refractivity contribution < 1.29 is 4.74 Å². The van der Waals surface area contributed by atoms with E-state index in [1.807, 2.05) is 0 Å². The van der Waals surface area contributed by atoms with Crippen molar-refractivity contribution in [2.75, 3.05) is 13.7 Å². The predicted molar refractivity (Wildman–Crippen MR) is 83.2 cm³/mol. The van der Waals surface area contributed by atoms with Crippen LogP contribution in [-0.4, -0.2) is 19.7 Å². The molecule has 0 heterocycles. The summed E-state index contributed by atoms with van der Waals surface area (Å²) in [5.74, 6) is 2.10. The molecule has 0 fully saturated rings. The van der Waals surface area contributed by atoms with Crippen LogP contribution in [-0.2, 0) is 0 Å². The molecule has 0 spiro atoms. The molecule has 0 amide bonds. The van der Waals surface area contributed by atoms with E-state index in [0.717, 1.165) is 12.3 Å². The van der Waals surface area contributed by atoms with Crippen LogP contribution < -0.4 is 10.1 Å². The lowest BCUT2D eigenvalue weighted by Gasteiger charge is -2.25. The van der Waals surface area contributed by atoms with Crippen molar-refractivity contribution in [2.45, 2.75) is 53.5 Å². The maximum Gasteiger partial charge on any atom is 0.122 e. The smallest absolute Gasteiger partial charge is 0.122 e. The summed E-state index contributed by atoms with van der Waals surface area (Å²) in [7, 11) is 1.77. The van der Waals surface area contributed by atoms with Crippen LogP contribution in [0.4, 0.5) is 0 Å². The summed E-state index contributed by atoms with van der Waals surface area (Å²) < 4.78 is 5.58. The minimum atomic E-state index is 0.488. The van der Waals surface area contributed by atoms with E-state index < -0.39 is 0 Å². The van der Waals surface area contributed by atoms with E-state index >= 15 is 0 Å². The Bertz CT molecular complexity index is 412. The molecule has 1 aromatic carbocycles. The molecule has 0 radical (unpaired) electrons. The Morgan fingerprint density at radius 1 is 1.11 bits per heavy atom. The van der Waals surface area contributed by atoms with E-state index in [9.17, 15) is 0 Å². The SMILES string of the molecule is COc1cc(C)cc(C)c1C(C)C(C)CNC(C)C. The van der Waals surface area contributed by atoms with Gasteiger partial charge in [-0.15, -0.1) is 0 Å². The molecule has 0 aliphatic rings. The molecule has 0 aliphatic carbocycles. The van der Waals surface area contributed by atoms with Crippen LogP contribution in [0.5, 0.6) is 5.75 Å². The molecule has 1 rings (SSSR count). The van der Waals surface area contributed by atoms with Gasteiger partial charge in [-0.05, 0) is 49.4 Å². The molecule has 0 aliphatic heterocycles. The maximum absolute atomic E-state index is 5.58. The van der Waals surface area contributed by atoms with Gasteiger partial charge >= 0.3 is 0 Å². The van der Waals surface area contributed by atoms with E-state index in [-0.39, 0.29) is 0 Å². The zero-order chi connectivity index (χ0) is 14.6. The Morgan fingerprint density at radius 2 is 1.74 bits per heavy atom. The molecule has 0 saturated heterocycles. The molecular formula is C17H29NO. The molecule has 108 valence electrons. The first-order valence-corrected chi connectivity index (χ1v) is 7.25. The lowest BCUT2D eigenvalue weighted by molar-refractivity contribution is 0.383. The van der Waals surface area contributed by atoms with Crippen LogP contribution in [0, 0.1) is 19.8 Å². The number of hydrogen-bond donors (Lipinski definition) is 1. The number of methoxy groups -OCH3 is 1. The zero-order valence-corrected chi connectivity index (χ0v) is 13.5. The van der Waals surface area contributed by atoms with Gasteiger partial charge in [0.15, 0.2) is 0 Å². The van der Waals surface area contributed by atoms with Crippen molar-refractivity contribution in [3.63, 3.8) is 0 Å². The zero-order valence-electron chi connectivity index (χ0n) is 13.5. The number of nitrogens with one attached hydrogen (secondary N) is 1. The Labute approximate surface area is 118 Å². The topological polar surface area (TPSA) is 21.3 Å². The van der Waals surface area contributed by atoms with Crippen LogP contribution in [0.3, 0.4) is 0 Å². The minimum Gasteiger partial charge on any atom is -0.496 e. The summed E-state index contributed by atoms with van der Waals surface area (Å²) >= 11 is 0. The second kappa shape index (κ2) is 6.95. The van der Waals surface area contributed by atoms with Crippen molar-refractivity contribution >= 4 is 0 Å². The third kappa shape index (κ3) is 4.24. The number of rotatable bonds is 6. The van der Waals surface area contributed by atoms with Crippen LogP contribution in [0.2, 0.25) is 0 Å². The average Bonchev–Trinajstić information content (AvgIpc) is 2.34. The van der Waals surface area contributed by atoms with Crippen LogP contribution >= 0.6 is 0 Å². The highest BCUT2D eigenvalue weighted by Crippen LogP contribution is 2.35. The summed E-state index contributed by atoms with van der Waals surface area (Å²) in [6.45, 7) is 14.3. The fourth-order valence-corrected chi connectivity index (χ4v) is 2.58. The predicted octanol–water partition coefficient (Wildman–Crippen LogP) is 4.05. The molecule has 0 bridgehead atoms. The van der Waals surface area contributed by atoms with Gasteiger partial charge in [-0.3, -0.25) is 0 Å². The van der Waals surface area contributed by atoms with E-state index in [4.69, 9.17) is 4.74 Å². The first-order chi connectivity index (χ1) is 8.86. The summed E-state index contributed by atoms with van der Waals surface area (Å²) in [6.07, 6.45) is 0. The van der Waals surface area contributed by atoms with E-state index in [1.165, 1.54) is 16.7 Å². The van der Waals surface area contributed by atoms with Gasteiger partial charge in [-0.2, -0.15) is 0 Å². The third-order valence-corrected chi connectivity index (χ3v) is 3.87. The van der Waals surface area contributed by atoms with Gasteiger partial charge in [-0.25, -0.2) is 0 Å². The summed E-state index contributed by atoms with van der Waals surface area (Å²) in [5, 5.41) is 3.52. The van der Waals surface area contributed by atoms with Crippen LogP contribution in [0.1, 0.15) is 50.3 Å². The van der Waals surface area contributed by atoms with E-state index in [2.05, 4.69) is 59.0 Å². The van der Waals surface area contributed by atoms with Crippen LogP contribution in [0.15, 0.2) is 12.1 Å². The van der Waals surface area contributed by atoms with Gasteiger partial charge in [0.2, 0.25) is 0 Å². The summed E-state index contributed by atoms with van der Waals surface area (Å²) in [5.41, 5.74) is 3.95. The highest BCUT2D eigenvalue weighted by atomic mass is 16.5. The monoisotopic (exact) mass is 263 g/mol. The average molecular weight is 263 g/mol. The fourth-order valence-electron chi connectivity index (χ4n) is 2.58. The Kier molecular flexibility index (Phi) is 5.86. The molecular weight excluding hydrogens is 234 g/mol. The standard InChI is InChI=1S/C17H29NO/c1-11(2)18-10-14(5)15(6)17-13(4)8-12(3)9-16(17)19-7/h8-9,11,14-15,18H,10H2,1-7H3. The molecule has 2 unspecified atom stereocenters. The molecule has 2 nitrogen and oxygen atoms in total. The van der Waals surface area contributed by atoms with Crippen molar-refractivity contribution in [1.29, 1.82) is 0 Å². The van der Waals surface area contributed by atoms with Gasteiger partial charge in [-0.1, -0.05) is 33.8 Å². The quantitative estimate of drug-likeness (QED) is 0.836. The second-order valence-corrected chi connectivity index (χ2v) is 6.03. The Balaban J connectivity index is 2.95. The fraction of sp³-hybridized carbons (Fsp3) is 0.647. The molecule has 1 N–H and O–H groups in total. The molecule has 2 heteroatoms.